The molecule has 30 heavy (non-hydrogen) atoms. The second-order valence-electron chi connectivity index (χ2n) is 6.48. The molecule has 11 heteroatoms. The predicted molar refractivity (Wildman–Crippen MR) is 113 cm³/mol. The average Bonchev–Trinajstić information content (AvgIpc) is 2.73. The van der Waals surface area contributed by atoms with Gasteiger partial charge in [0.25, 0.3) is 0 Å². The van der Waals surface area contributed by atoms with Crippen LogP contribution < -0.4 is 10.5 Å². The zero-order valence-electron chi connectivity index (χ0n) is 15.5. The van der Waals surface area contributed by atoms with Gasteiger partial charge in [0.2, 0.25) is 10.0 Å². The molecular formula is C19H19FN4O4S2. The van der Waals surface area contributed by atoms with Gasteiger partial charge in [-0.3, -0.25) is 4.98 Å². The third-order valence-corrected chi connectivity index (χ3v) is 5.96. The fraction of sp³-hybridized carbons (Fsp3) is 0.158. The number of rotatable bonds is 7. The third kappa shape index (κ3) is 4.94. The molecule has 2 aromatic carbocycles. The van der Waals surface area contributed by atoms with E-state index < -0.39 is 33.9 Å². The van der Waals surface area contributed by atoms with Crippen molar-refractivity contribution >= 4 is 28.5 Å². The van der Waals surface area contributed by atoms with Crippen LogP contribution in [0.15, 0.2) is 59.8 Å². The molecule has 0 radical (unpaired) electrons. The molecule has 0 aliphatic rings. The summed E-state index contributed by atoms with van der Waals surface area (Å²) in [7, 11) is -4.09. The summed E-state index contributed by atoms with van der Waals surface area (Å²) in [6.45, 7) is -1.27. The molecule has 0 saturated heterocycles. The number of aliphatic hydroxyl groups is 2. The van der Waals surface area contributed by atoms with Crippen LogP contribution in [0.1, 0.15) is 0 Å². The fourth-order valence-electron chi connectivity index (χ4n) is 2.65. The molecule has 0 aliphatic carbocycles. The molecule has 0 amide bonds. The molecule has 1 atom stereocenters. The van der Waals surface area contributed by atoms with E-state index in [1.807, 2.05) is 0 Å². The average molecular weight is 451 g/mol. The lowest BCUT2D eigenvalue weighted by molar-refractivity contribution is 0.0709. The quantitative estimate of drug-likeness (QED) is 0.271. The number of benzene rings is 2. The van der Waals surface area contributed by atoms with Gasteiger partial charge in [0.15, 0.2) is 0 Å². The van der Waals surface area contributed by atoms with Crippen molar-refractivity contribution in [1.29, 1.82) is 0 Å². The van der Waals surface area contributed by atoms with Crippen LogP contribution in [-0.2, 0) is 10.0 Å². The van der Waals surface area contributed by atoms with Gasteiger partial charge in [-0.1, -0.05) is 24.3 Å². The highest BCUT2D eigenvalue weighted by molar-refractivity contribution is 7.89. The van der Waals surface area contributed by atoms with Gasteiger partial charge in [-0.05, 0) is 23.8 Å². The number of hydrogen-bond acceptors (Lipinski definition) is 8. The summed E-state index contributed by atoms with van der Waals surface area (Å²) >= 11 is 3.78. The molecule has 5 N–H and O–H groups in total. The second kappa shape index (κ2) is 8.66. The zero-order chi connectivity index (χ0) is 21.9. The van der Waals surface area contributed by atoms with Gasteiger partial charge in [-0.25, -0.2) is 22.5 Å². The first-order valence-electron chi connectivity index (χ1n) is 8.65. The molecular weight excluding hydrogens is 431 g/mol. The van der Waals surface area contributed by atoms with Crippen LogP contribution in [0.25, 0.3) is 22.4 Å². The smallest absolute Gasteiger partial charge is 0.241 e. The number of thiol groups is 1. The number of aliphatic hydroxyl groups excluding tert-OH is 1. The molecule has 0 aliphatic heterocycles. The SMILES string of the molecule is Nc1cnc(-c2ccc(-c3ccccc3S(=O)(=O)NC[C@](O)(S)CO)cc2F)cn1. The second-order valence-corrected chi connectivity index (χ2v) is 9.05. The van der Waals surface area contributed by atoms with E-state index in [9.17, 15) is 17.9 Å². The number of halogens is 1. The number of aromatic nitrogens is 2. The minimum Gasteiger partial charge on any atom is -0.392 e. The molecule has 0 fully saturated rings. The molecule has 1 aromatic heterocycles. The largest absolute Gasteiger partial charge is 0.392 e. The third-order valence-electron chi connectivity index (χ3n) is 4.20. The maximum atomic E-state index is 14.8. The predicted octanol–water partition coefficient (Wildman–Crippen LogP) is 1.42. The van der Waals surface area contributed by atoms with Gasteiger partial charge >= 0.3 is 0 Å². The molecule has 158 valence electrons. The first-order valence-corrected chi connectivity index (χ1v) is 10.6. The van der Waals surface area contributed by atoms with E-state index in [4.69, 9.17) is 10.8 Å². The highest BCUT2D eigenvalue weighted by atomic mass is 32.2. The summed E-state index contributed by atoms with van der Waals surface area (Å²) in [5.41, 5.74) is 6.55. The van der Waals surface area contributed by atoms with Crippen molar-refractivity contribution in [2.75, 3.05) is 18.9 Å². The van der Waals surface area contributed by atoms with Crippen molar-refractivity contribution in [3.05, 3.63) is 60.7 Å². The summed E-state index contributed by atoms with van der Waals surface area (Å²) < 4.78 is 42.4. The first kappa shape index (κ1) is 22.1. The van der Waals surface area contributed by atoms with E-state index in [1.54, 1.807) is 12.1 Å². The minimum absolute atomic E-state index is 0.119. The summed E-state index contributed by atoms with van der Waals surface area (Å²) in [6, 6.07) is 10.3. The maximum Gasteiger partial charge on any atom is 0.241 e. The van der Waals surface area contributed by atoms with Crippen LogP contribution in [0.5, 0.6) is 0 Å². The lowest BCUT2D eigenvalue weighted by Gasteiger charge is -2.20. The summed E-state index contributed by atoms with van der Waals surface area (Å²) in [5, 5.41) is 18.8. The fourth-order valence-corrected chi connectivity index (χ4v) is 4.15. The standard InChI is InChI=1S/C19H19FN4O4S2/c20-15-7-12(5-6-14(15)16-8-23-18(21)9-22-16)13-3-1-2-4-17(13)30(27,28)24-10-19(26,29)11-25/h1-9,24-26,29H,10-11H2,(H2,21,23)/t19-/m0/s1. The summed E-state index contributed by atoms with van der Waals surface area (Å²) in [5.74, 6) is -0.409. The zero-order valence-corrected chi connectivity index (χ0v) is 17.2. The molecule has 0 unspecified atom stereocenters. The Bertz CT molecular complexity index is 1160. The lowest BCUT2D eigenvalue weighted by atomic mass is 10.0. The number of anilines is 1. The van der Waals surface area contributed by atoms with Gasteiger partial charge in [-0.15, -0.1) is 12.6 Å². The first-order chi connectivity index (χ1) is 14.1. The lowest BCUT2D eigenvalue weighted by Crippen LogP contribution is -2.41. The van der Waals surface area contributed by atoms with Gasteiger partial charge in [0.05, 0.1) is 36.1 Å². The normalized spacial score (nSPS) is 13.7. The van der Waals surface area contributed by atoms with E-state index in [1.165, 1.54) is 42.7 Å². The van der Waals surface area contributed by atoms with E-state index >= 15 is 0 Å². The number of nitrogens with two attached hydrogens (primary N) is 1. The van der Waals surface area contributed by atoms with Crippen LogP contribution in [0.3, 0.4) is 0 Å². The summed E-state index contributed by atoms with van der Waals surface area (Å²) in [6.07, 6.45) is 2.65. The van der Waals surface area contributed by atoms with Gasteiger partial charge in [0.1, 0.15) is 16.6 Å². The Morgan fingerprint density at radius 1 is 1.13 bits per heavy atom. The molecule has 1 heterocycles. The minimum atomic E-state index is -4.09. The van der Waals surface area contributed by atoms with Crippen LogP contribution in [0.4, 0.5) is 10.2 Å². The van der Waals surface area contributed by atoms with Crippen LogP contribution in [0.2, 0.25) is 0 Å². The van der Waals surface area contributed by atoms with Crippen molar-refractivity contribution < 1.29 is 23.0 Å². The van der Waals surface area contributed by atoms with Gasteiger partial charge in [-0.2, -0.15) is 0 Å². The Kier molecular flexibility index (Phi) is 6.38. The van der Waals surface area contributed by atoms with Gasteiger partial charge in [0, 0.05) is 11.1 Å². The monoisotopic (exact) mass is 450 g/mol. The molecule has 0 spiro atoms. The Morgan fingerprint density at radius 3 is 2.50 bits per heavy atom. The van der Waals surface area contributed by atoms with Crippen LogP contribution in [0, 0.1) is 5.82 Å². The van der Waals surface area contributed by atoms with Gasteiger partial charge < -0.3 is 15.9 Å². The molecule has 8 nitrogen and oxygen atoms in total. The summed E-state index contributed by atoms with van der Waals surface area (Å²) in [4.78, 5) is 5.89. The molecule has 0 saturated carbocycles. The molecule has 3 aromatic rings. The number of nitrogens with zero attached hydrogens (tertiary/aromatic N) is 2. The van der Waals surface area contributed by atoms with E-state index in [2.05, 4.69) is 27.3 Å². The Hall–Kier alpha value is -2.57. The van der Waals surface area contributed by atoms with Crippen molar-refractivity contribution in [2.45, 2.75) is 9.83 Å². The van der Waals surface area contributed by atoms with E-state index in [0.29, 0.717) is 5.56 Å². The van der Waals surface area contributed by atoms with E-state index in [-0.39, 0.29) is 27.5 Å². The Morgan fingerprint density at radius 2 is 1.87 bits per heavy atom. The molecule has 3 rings (SSSR count). The number of nitrogens with one attached hydrogen (secondary N) is 1. The van der Waals surface area contributed by atoms with E-state index in [0.717, 1.165) is 0 Å². The Balaban J connectivity index is 1.97. The van der Waals surface area contributed by atoms with Crippen molar-refractivity contribution in [1.82, 2.24) is 14.7 Å². The molecule has 0 bridgehead atoms. The van der Waals surface area contributed by atoms with Crippen LogP contribution >= 0.6 is 12.6 Å². The number of sulfonamides is 1. The highest BCUT2D eigenvalue weighted by Gasteiger charge is 2.26. The number of nitrogen functional groups attached to an aromatic ring is 1. The Labute approximate surface area is 178 Å². The van der Waals surface area contributed by atoms with Crippen molar-refractivity contribution in [3.63, 3.8) is 0 Å². The van der Waals surface area contributed by atoms with Crippen molar-refractivity contribution in [3.8, 4) is 22.4 Å². The van der Waals surface area contributed by atoms with Crippen molar-refractivity contribution in [2.24, 2.45) is 0 Å². The van der Waals surface area contributed by atoms with Crippen LogP contribution in [-0.4, -0.2) is 46.7 Å². The number of hydrogen-bond donors (Lipinski definition) is 5. The highest BCUT2D eigenvalue weighted by Crippen LogP contribution is 2.31. The topological polar surface area (TPSA) is 138 Å². The maximum absolute atomic E-state index is 14.8.